The first-order chi connectivity index (χ1) is 9.79. The van der Waals surface area contributed by atoms with E-state index in [4.69, 9.17) is 4.42 Å². The molecular weight excluding hydrogens is 246 g/mol. The molecule has 2 aliphatic rings. The second-order valence-corrected chi connectivity index (χ2v) is 6.75. The zero-order chi connectivity index (χ0) is 13.5. The summed E-state index contributed by atoms with van der Waals surface area (Å²) >= 11 is 0. The van der Waals surface area contributed by atoms with Crippen LogP contribution >= 0.6 is 0 Å². The largest absolute Gasteiger partial charge is 0.459 e. The molecule has 0 amide bonds. The van der Waals surface area contributed by atoms with Gasteiger partial charge in [-0.15, -0.1) is 0 Å². The molecule has 0 aliphatic heterocycles. The number of nitrogens with one attached hydrogen (secondary N) is 1. The van der Waals surface area contributed by atoms with Crippen molar-refractivity contribution in [2.24, 2.45) is 17.8 Å². The van der Waals surface area contributed by atoms with E-state index in [1.165, 1.54) is 31.1 Å². The van der Waals surface area contributed by atoms with E-state index in [0.717, 1.165) is 35.6 Å². The molecule has 1 aromatic heterocycles. The van der Waals surface area contributed by atoms with E-state index >= 15 is 0 Å². The number of para-hydroxylation sites is 1. The molecule has 4 rings (SSSR count). The Bertz CT molecular complexity index is 569. The Labute approximate surface area is 120 Å². The number of rotatable bonds is 4. The number of hydrogen-bond donors (Lipinski definition) is 1. The summed E-state index contributed by atoms with van der Waals surface area (Å²) in [6.07, 6.45) is 5.90. The second kappa shape index (κ2) is 4.92. The number of furan rings is 1. The minimum Gasteiger partial charge on any atom is -0.459 e. The highest BCUT2D eigenvalue weighted by molar-refractivity contribution is 5.77. The van der Waals surface area contributed by atoms with Crippen LogP contribution in [0, 0.1) is 17.8 Å². The van der Waals surface area contributed by atoms with Crippen molar-refractivity contribution in [3.8, 4) is 0 Å². The lowest BCUT2D eigenvalue weighted by atomic mass is 9.88. The highest BCUT2D eigenvalue weighted by Gasteiger charge is 2.39. The zero-order valence-corrected chi connectivity index (χ0v) is 12.1. The van der Waals surface area contributed by atoms with Crippen molar-refractivity contribution in [1.82, 2.24) is 5.32 Å². The Balaban J connectivity index is 1.41. The minimum absolute atomic E-state index is 0.307. The van der Waals surface area contributed by atoms with E-state index in [0.29, 0.717) is 6.04 Å². The van der Waals surface area contributed by atoms with Crippen LogP contribution in [0.2, 0.25) is 0 Å². The van der Waals surface area contributed by atoms with Gasteiger partial charge in [0.05, 0.1) is 6.04 Å². The molecular formula is C18H23NO. The van der Waals surface area contributed by atoms with Crippen LogP contribution in [0.3, 0.4) is 0 Å². The fourth-order valence-corrected chi connectivity index (χ4v) is 4.27. The maximum absolute atomic E-state index is 5.94. The molecule has 4 atom stereocenters. The maximum Gasteiger partial charge on any atom is 0.134 e. The SMILES string of the molecule is CC(NCC1CC2CCC1C2)c1cc2ccccc2o1. The number of hydrogen-bond acceptors (Lipinski definition) is 2. The van der Waals surface area contributed by atoms with Crippen LogP contribution in [0.15, 0.2) is 34.7 Å². The van der Waals surface area contributed by atoms with E-state index in [1.54, 1.807) is 0 Å². The van der Waals surface area contributed by atoms with E-state index in [9.17, 15) is 0 Å². The van der Waals surface area contributed by atoms with Crippen molar-refractivity contribution in [3.05, 3.63) is 36.1 Å². The van der Waals surface area contributed by atoms with E-state index < -0.39 is 0 Å². The first-order valence-electron chi connectivity index (χ1n) is 8.01. The van der Waals surface area contributed by atoms with E-state index in [2.05, 4.69) is 30.4 Å². The molecule has 1 N–H and O–H groups in total. The molecule has 0 saturated heterocycles. The van der Waals surface area contributed by atoms with Gasteiger partial charge in [-0.2, -0.15) is 0 Å². The smallest absolute Gasteiger partial charge is 0.134 e. The van der Waals surface area contributed by atoms with Crippen LogP contribution in [0.1, 0.15) is 44.4 Å². The van der Waals surface area contributed by atoms with E-state index in [-0.39, 0.29) is 0 Å². The summed E-state index contributed by atoms with van der Waals surface area (Å²) in [4.78, 5) is 0. The van der Waals surface area contributed by atoms with Gasteiger partial charge in [0.15, 0.2) is 0 Å². The maximum atomic E-state index is 5.94. The predicted octanol–water partition coefficient (Wildman–Crippen LogP) is 4.52. The van der Waals surface area contributed by atoms with Crippen molar-refractivity contribution >= 4 is 11.0 Å². The fourth-order valence-electron chi connectivity index (χ4n) is 4.27. The summed E-state index contributed by atoms with van der Waals surface area (Å²) in [6.45, 7) is 3.37. The lowest BCUT2D eigenvalue weighted by Crippen LogP contribution is -2.28. The van der Waals surface area contributed by atoms with Crippen LogP contribution in [0.4, 0.5) is 0 Å². The lowest BCUT2D eigenvalue weighted by Gasteiger charge is -2.23. The van der Waals surface area contributed by atoms with Crippen molar-refractivity contribution in [2.45, 2.75) is 38.6 Å². The Morgan fingerprint density at radius 3 is 2.90 bits per heavy atom. The molecule has 20 heavy (non-hydrogen) atoms. The third-order valence-corrected chi connectivity index (χ3v) is 5.44. The molecule has 2 heteroatoms. The van der Waals surface area contributed by atoms with Crippen LogP contribution in [-0.4, -0.2) is 6.54 Å². The third-order valence-electron chi connectivity index (χ3n) is 5.44. The summed E-state index contributed by atoms with van der Waals surface area (Å²) in [6, 6.07) is 10.7. The summed E-state index contributed by atoms with van der Waals surface area (Å²) in [5.74, 6) is 4.00. The minimum atomic E-state index is 0.307. The Morgan fingerprint density at radius 1 is 1.25 bits per heavy atom. The normalized spacial score (nSPS) is 30.1. The molecule has 2 fully saturated rings. The van der Waals surface area contributed by atoms with Gasteiger partial charge in [0, 0.05) is 5.39 Å². The lowest BCUT2D eigenvalue weighted by molar-refractivity contribution is 0.302. The molecule has 2 aliphatic carbocycles. The molecule has 1 aromatic carbocycles. The Kier molecular flexibility index (Phi) is 3.07. The molecule has 2 saturated carbocycles. The molecule has 2 aromatic rings. The molecule has 0 radical (unpaired) electrons. The van der Waals surface area contributed by atoms with Gasteiger partial charge in [-0.1, -0.05) is 24.6 Å². The van der Waals surface area contributed by atoms with E-state index in [1.807, 2.05) is 12.1 Å². The van der Waals surface area contributed by atoms with Gasteiger partial charge in [-0.05, 0) is 62.6 Å². The number of benzene rings is 1. The van der Waals surface area contributed by atoms with Crippen LogP contribution < -0.4 is 5.32 Å². The van der Waals surface area contributed by atoms with Crippen LogP contribution in [0.25, 0.3) is 11.0 Å². The monoisotopic (exact) mass is 269 g/mol. The van der Waals surface area contributed by atoms with Crippen molar-refractivity contribution < 1.29 is 4.42 Å². The van der Waals surface area contributed by atoms with Gasteiger partial charge >= 0.3 is 0 Å². The average molecular weight is 269 g/mol. The fraction of sp³-hybridized carbons (Fsp3) is 0.556. The molecule has 2 nitrogen and oxygen atoms in total. The number of fused-ring (bicyclic) bond motifs is 3. The highest BCUT2D eigenvalue weighted by atomic mass is 16.3. The Hall–Kier alpha value is -1.28. The van der Waals surface area contributed by atoms with Gasteiger partial charge in [-0.25, -0.2) is 0 Å². The molecule has 106 valence electrons. The third kappa shape index (κ3) is 2.16. The van der Waals surface area contributed by atoms with Crippen LogP contribution in [-0.2, 0) is 0 Å². The summed E-state index contributed by atoms with van der Waals surface area (Å²) in [7, 11) is 0. The quantitative estimate of drug-likeness (QED) is 0.882. The second-order valence-electron chi connectivity index (χ2n) is 6.75. The highest BCUT2D eigenvalue weighted by Crippen LogP contribution is 2.48. The summed E-state index contributed by atoms with van der Waals surface area (Å²) in [5.41, 5.74) is 0.996. The molecule has 0 spiro atoms. The zero-order valence-electron chi connectivity index (χ0n) is 12.1. The van der Waals surface area contributed by atoms with Gasteiger partial charge < -0.3 is 9.73 Å². The van der Waals surface area contributed by atoms with Crippen LogP contribution in [0.5, 0.6) is 0 Å². The summed E-state index contributed by atoms with van der Waals surface area (Å²) in [5, 5.41) is 4.90. The van der Waals surface area contributed by atoms with Gasteiger partial charge in [0.2, 0.25) is 0 Å². The van der Waals surface area contributed by atoms with Gasteiger partial charge in [-0.3, -0.25) is 0 Å². The van der Waals surface area contributed by atoms with Gasteiger partial charge in [0.1, 0.15) is 11.3 Å². The predicted molar refractivity (Wildman–Crippen MR) is 81.6 cm³/mol. The first-order valence-corrected chi connectivity index (χ1v) is 8.01. The Morgan fingerprint density at radius 2 is 2.15 bits per heavy atom. The van der Waals surface area contributed by atoms with Crippen molar-refractivity contribution in [3.63, 3.8) is 0 Å². The molecule has 4 unspecified atom stereocenters. The van der Waals surface area contributed by atoms with Crippen molar-refractivity contribution in [2.75, 3.05) is 6.54 Å². The average Bonchev–Trinajstić information content (AvgIpc) is 3.18. The van der Waals surface area contributed by atoms with Gasteiger partial charge in [0.25, 0.3) is 0 Å². The summed E-state index contributed by atoms with van der Waals surface area (Å²) < 4.78 is 5.94. The standard InChI is InChI=1S/C18H23NO/c1-12(18-10-15-4-2-3-5-17(15)20-18)19-11-16-9-13-6-7-14(16)8-13/h2-5,10,12-14,16,19H,6-9,11H2,1H3. The molecule has 1 heterocycles. The molecule has 2 bridgehead atoms. The first kappa shape index (κ1) is 12.5. The topological polar surface area (TPSA) is 25.2 Å². The van der Waals surface area contributed by atoms with Crippen molar-refractivity contribution in [1.29, 1.82) is 0 Å².